The van der Waals surface area contributed by atoms with Crippen LogP contribution in [0.15, 0.2) is 42.0 Å². The molecule has 2 aliphatic rings. The van der Waals surface area contributed by atoms with Crippen LogP contribution in [0.3, 0.4) is 0 Å². The van der Waals surface area contributed by atoms with Gasteiger partial charge in [0, 0.05) is 0 Å². The number of hydrogen-bond acceptors (Lipinski definition) is 0. The minimum atomic E-state index is -0.375. The summed E-state index contributed by atoms with van der Waals surface area (Å²) in [6.07, 6.45) is 11.7. The number of rotatable bonds is 2. The Bertz CT molecular complexity index is 340. The van der Waals surface area contributed by atoms with Gasteiger partial charge < -0.3 is 0 Å². The van der Waals surface area contributed by atoms with Gasteiger partial charge in [0.15, 0.2) is 0 Å². The first-order valence-electron chi connectivity index (χ1n) is 4.77. The molecule has 0 unspecified atom stereocenters. The van der Waals surface area contributed by atoms with Crippen LogP contribution in [0.1, 0.15) is 26.7 Å². The van der Waals surface area contributed by atoms with Crippen LogP contribution in [0.5, 0.6) is 0 Å². The molecule has 1 heteroatoms. The molecule has 0 aromatic carbocycles. The molecule has 0 aliphatic heterocycles. The van der Waals surface area contributed by atoms with Crippen LogP contribution in [-0.2, 0) is 23.2 Å². The van der Waals surface area contributed by atoms with Gasteiger partial charge in [-0.1, -0.05) is 0 Å². The molecule has 0 aromatic rings. The maximum atomic E-state index is 2.38. The van der Waals surface area contributed by atoms with Crippen molar-refractivity contribution in [3.05, 3.63) is 42.0 Å². The molecule has 0 bridgehead atoms. The molecule has 0 aromatic heterocycles. The third-order valence-electron chi connectivity index (χ3n) is 2.74. The molecule has 0 saturated carbocycles. The van der Waals surface area contributed by atoms with Crippen LogP contribution < -0.4 is 0 Å². The molecule has 0 radical (unpaired) electrons. The van der Waals surface area contributed by atoms with Gasteiger partial charge in [-0.25, -0.2) is 0 Å². The predicted molar refractivity (Wildman–Crippen MR) is 52.9 cm³/mol. The molecular weight excluding hydrogens is 235 g/mol. The molecule has 2 rings (SSSR count). The standard InChI is InChI=1S/C7H9.C5H5.Zr/c1-6-4-3-5-7(6)2;1-2-4-5-3-1;/h4H,3H2,1-2H3;1-3H,4H2;. The second kappa shape index (κ2) is 3.92. The van der Waals surface area contributed by atoms with Crippen molar-refractivity contribution in [2.45, 2.75) is 26.7 Å². The van der Waals surface area contributed by atoms with Crippen molar-refractivity contribution >= 4 is 0 Å². The maximum absolute atomic E-state index is 2.38. The van der Waals surface area contributed by atoms with Crippen molar-refractivity contribution in [3.8, 4) is 0 Å². The molecule has 2 aliphatic carbocycles. The number of allylic oxidation sites excluding steroid dienone is 8. The minimum absolute atomic E-state index is 0.375. The van der Waals surface area contributed by atoms with E-state index in [1.54, 1.807) is 12.1 Å². The second-order valence-electron chi connectivity index (χ2n) is 3.64. The summed E-state index contributed by atoms with van der Waals surface area (Å²) in [5, 5.41) is 0. The Hall–Kier alpha value is -0.157. The van der Waals surface area contributed by atoms with E-state index in [1.165, 1.54) is 18.4 Å². The van der Waals surface area contributed by atoms with Crippen LogP contribution in [0.25, 0.3) is 0 Å². The van der Waals surface area contributed by atoms with E-state index < -0.39 is 0 Å². The first-order valence-corrected chi connectivity index (χ1v) is 7.23. The molecule has 0 saturated heterocycles. The zero-order valence-electron chi connectivity index (χ0n) is 8.22. The van der Waals surface area contributed by atoms with Gasteiger partial charge in [0.25, 0.3) is 0 Å². The summed E-state index contributed by atoms with van der Waals surface area (Å²) in [4.78, 5) is 0. The molecule has 13 heavy (non-hydrogen) atoms. The first kappa shape index (κ1) is 9.40. The van der Waals surface area contributed by atoms with Gasteiger partial charge >= 0.3 is 91.9 Å². The van der Waals surface area contributed by atoms with Crippen molar-refractivity contribution in [2.24, 2.45) is 0 Å². The molecule has 0 fully saturated rings. The third-order valence-corrected chi connectivity index (χ3v) is 6.61. The van der Waals surface area contributed by atoms with Crippen LogP contribution in [0, 0.1) is 0 Å². The van der Waals surface area contributed by atoms with Gasteiger partial charge in [0.2, 0.25) is 0 Å². The van der Waals surface area contributed by atoms with Crippen molar-refractivity contribution in [3.63, 3.8) is 0 Å². The fourth-order valence-electron chi connectivity index (χ4n) is 1.68. The van der Waals surface area contributed by atoms with E-state index in [1.807, 2.05) is 0 Å². The summed E-state index contributed by atoms with van der Waals surface area (Å²) in [5.74, 6) is 0. The third kappa shape index (κ3) is 2.02. The summed E-state index contributed by atoms with van der Waals surface area (Å²) < 4.78 is 3.53. The molecule has 0 heterocycles. The molecule has 0 spiro atoms. The Morgan fingerprint density at radius 3 is 2.62 bits per heavy atom. The summed E-state index contributed by atoms with van der Waals surface area (Å²) in [6.45, 7) is 4.53. The SMILES string of the molecule is CC1=CC[C]([Zr][C]2=CC=CC2)=C1C. The van der Waals surface area contributed by atoms with Crippen LogP contribution >= 0.6 is 0 Å². The summed E-state index contributed by atoms with van der Waals surface area (Å²) in [6, 6.07) is 0. The molecule has 0 N–H and O–H groups in total. The zero-order valence-corrected chi connectivity index (χ0v) is 10.7. The van der Waals surface area contributed by atoms with Gasteiger partial charge in [-0.05, 0) is 0 Å². The summed E-state index contributed by atoms with van der Waals surface area (Å²) in [5.41, 5.74) is 3.11. The monoisotopic (exact) mass is 248 g/mol. The van der Waals surface area contributed by atoms with E-state index in [9.17, 15) is 0 Å². The van der Waals surface area contributed by atoms with Crippen LogP contribution in [0.2, 0.25) is 0 Å². The van der Waals surface area contributed by atoms with Crippen molar-refractivity contribution < 1.29 is 23.2 Å². The fourth-order valence-corrected chi connectivity index (χ4v) is 5.06. The molecule has 0 atom stereocenters. The van der Waals surface area contributed by atoms with E-state index in [-0.39, 0.29) is 23.2 Å². The Morgan fingerprint density at radius 1 is 1.23 bits per heavy atom. The Labute approximate surface area is 91.7 Å². The van der Waals surface area contributed by atoms with E-state index in [2.05, 4.69) is 38.2 Å². The van der Waals surface area contributed by atoms with Crippen molar-refractivity contribution in [2.75, 3.05) is 0 Å². The first-order chi connectivity index (χ1) is 6.27. The topological polar surface area (TPSA) is 0 Å². The average Bonchev–Trinajstić information content (AvgIpc) is 2.71. The predicted octanol–water partition coefficient (Wildman–Crippen LogP) is 3.54. The van der Waals surface area contributed by atoms with Crippen LogP contribution in [-0.4, -0.2) is 0 Å². The van der Waals surface area contributed by atoms with E-state index in [0.717, 1.165) is 0 Å². The molecule has 0 nitrogen and oxygen atoms in total. The average molecular weight is 249 g/mol. The molecule has 66 valence electrons. The van der Waals surface area contributed by atoms with Gasteiger partial charge in [0.05, 0.1) is 0 Å². The van der Waals surface area contributed by atoms with Crippen molar-refractivity contribution in [1.82, 2.24) is 0 Å². The summed E-state index contributed by atoms with van der Waals surface area (Å²) >= 11 is -0.375. The van der Waals surface area contributed by atoms with E-state index in [0.29, 0.717) is 0 Å². The second-order valence-corrected chi connectivity index (χ2v) is 7.32. The van der Waals surface area contributed by atoms with Gasteiger partial charge in [0.1, 0.15) is 0 Å². The molecular formula is C12H14Zr. The molecule has 0 amide bonds. The Kier molecular flexibility index (Phi) is 2.84. The van der Waals surface area contributed by atoms with E-state index >= 15 is 0 Å². The van der Waals surface area contributed by atoms with Crippen molar-refractivity contribution in [1.29, 1.82) is 0 Å². The van der Waals surface area contributed by atoms with E-state index in [4.69, 9.17) is 0 Å². The number of hydrogen-bond donors (Lipinski definition) is 0. The quantitative estimate of drug-likeness (QED) is 0.702. The Balaban J connectivity index is 2.05. The summed E-state index contributed by atoms with van der Waals surface area (Å²) in [7, 11) is 0. The fraction of sp³-hybridized carbons (Fsp3) is 0.333. The van der Waals surface area contributed by atoms with Gasteiger partial charge in [-0.15, -0.1) is 0 Å². The normalized spacial score (nSPS) is 20.8. The van der Waals surface area contributed by atoms with Crippen LogP contribution in [0.4, 0.5) is 0 Å². The zero-order chi connectivity index (χ0) is 9.26. The van der Waals surface area contributed by atoms with Gasteiger partial charge in [-0.3, -0.25) is 0 Å². The Morgan fingerprint density at radius 2 is 2.08 bits per heavy atom. The van der Waals surface area contributed by atoms with Gasteiger partial charge in [-0.2, -0.15) is 0 Å².